The summed E-state index contributed by atoms with van der Waals surface area (Å²) in [6.07, 6.45) is 1.67. The van der Waals surface area contributed by atoms with Crippen LogP contribution < -0.4 is 0 Å². The van der Waals surface area contributed by atoms with Gasteiger partial charge in [-0.3, -0.25) is 4.79 Å². The second kappa shape index (κ2) is 6.33. The molecule has 21 heavy (non-hydrogen) atoms. The van der Waals surface area contributed by atoms with Crippen molar-refractivity contribution in [2.75, 3.05) is 5.88 Å². The summed E-state index contributed by atoms with van der Waals surface area (Å²) in [5.41, 5.74) is 3.05. The molecule has 3 rings (SSSR count). The van der Waals surface area contributed by atoms with Gasteiger partial charge in [0.1, 0.15) is 11.5 Å². The van der Waals surface area contributed by atoms with Gasteiger partial charge in [0.05, 0.1) is 6.26 Å². The lowest BCUT2D eigenvalue weighted by Crippen LogP contribution is -2.30. The van der Waals surface area contributed by atoms with Gasteiger partial charge in [0.25, 0.3) is 0 Å². The summed E-state index contributed by atoms with van der Waals surface area (Å²) in [6.45, 7) is 1.13. The first-order valence-electron chi connectivity index (χ1n) is 6.57. The number of furan rings is 1. The van der Waals surface area contributed by atoms with E-state index in [0.29, 0.717) is 13.1 Å². The predicted octanol–water partition coefficient (Wildman–Crippen LogP) is 4.26. The third-order valence-electron chi connectivity index (χ3n) is 3.31. The fraction of sp³-hybridized carbons (Fsp3) is 0.188. The van der Waals surface area contributed by atoms with Crippen molar-refractivity contribution in [2.24, 2.45) is 0 Å². The molecule has 0 saturated carbocycles. The van der Waals surface area contributed by atoms with E-state index >= 15 is 0 Å². The number of fused-ring (bicyclic) bond motifs is 1. The largest absolute Gasteiger partial charge is 0.464 e. The van der Waals surface area contributed by atoms with Crippen LogP contribution in [0.1, 0.15) is 11.1 Å². The molecule has 0 bridgehead atoms. The van der Waals surface area contributed by atoms with Crippen LogP contribution in [0.3, 0.4) is 0 Å². The van der Waals surface area contributed by atoms with E-state index in [0.717, 1.165) is 22.1 Å². The van der Waals surface area contributed by atoms with Crippen molar-refractivity contribution < 1.29 is 9.21 Å². The van der Waals surface area contributed by atoms with Crippen molar-refractivity contribution >= 4 is 39.8 Å². The highest BCUT2D eigenvalue weighted by atomic mass is 35.5. The summed E-state index contributed by atoms with van der Waals surface area (Å²) in [4.78, 5) is 13.8. The summed E-state index contributed by atoms with van der Waals surface area (Å²) in [5, 5.41) is 5.10. The zero-order chi connectivity index (χ0) is 14.7. The number of amides is 1. The number of rotatable bonds is 5. The van der Waals surface area contributed by atoms with Crippen LogP contribution >= 0.6 is 22.9 Å². The number of alkyl halides is 1. The van der Waals surface area contributed by atoms with Gasteiger partial charge < -0.3 is 9.32 Å². The Labute approximate surface area is 131 Å². The summed E-state index contributed by atoms with van der Waals surface area (Å²) in [7, 11) is 0. The summed E-state index contributed by atoms with van der Waals surface area (Å²) in [6, 6.07) is 9.90. The van der Waals surface area contributed by atoms with E-state index in [4.69, 9.17) is 16.0 Å². The van der Waals surface area contributed by atoms with Gasteiger partial charge in [-0.25, -0.2) is 0 Å². The lowest BCUT2D eigenvalue weighted by atomic mass is 10.1. The number of nitrogens with zero attached hydrogens (tertiary/aromatic N) is 1. The number of hydrogen-bond donors (Lipinski definition) is 0. The van der Waals surface area contributed by atoms with E-state index in [1.807, 2.05) is 41.1 Å². The van der Waals surface area contributed by atoms with Gasteiger partial charge in [-0.15, -0.1) is 11.6 Å². The van der Waals surface area contributed by atoms with Gasteiger partial charge in [-0.1, -0.05) is 6.07 Å². The van der Waals surface area contributed by atoms with E-state index in [1.165, 1.54) is 0 Å². The summed E-state index contributed by atoms with van der Waals surface area (Å²) >= 11 is 7.35. The number of carbonyl (C=O) groups excluding carboxylic acids is 1. The van der Waals surface area contributed by atoms with E-state index in [2.05, 4.69) is 0 Å². The maximum Gasteiger partial charge on any atom is 0.238 e. The molecule has 0 aliphatic heterocycles. The zero-order valence-electron chi connectivity index (χ0n) is 11.3. The molecule has 0 aliphatic carbocycles. The Morgan fingerprint density at radius 3 is 2.81 bits per heavy atom. The third-order valence-corrected chi connectivity index (χ3v) is 4.27. The molecule has 1 aromatic carbocycles. The van der Waals surface area contributed by atoms with E-state index in [-0.39, 0.29) is 11.8 Å². The fourth-order valence-electron chi connectivity index (χ4n) is 2.25. The van der Waals surface area contributed by atoms with Gasteiger partial charge in [0, 0.05) is 18.5 Å². The number of hydrogen-bond acceptors (Lipinski definition) is 3. The monoisotopic (exact) mass is 319 g/mol. The van der Waals surface area contributed by atoms with Crippen LogP contribution in [-0.2, 0) is 17.9 Å². The molecule has 108 valence electrons. The average Bonchev–Trinajstić information content (AvgIpc) is 3.16. The first-order chi connectivity index (χ1) is 10.3. The molecule has 0 atom stereocenters. The molecule has 2 aromatic heterocycles. The molecule has 3 aromatic rings. The summed E-state index contributed by atoms with van der Waals surface area (Å²) < 4.78 is 5.33. The van der Waals surface area contributed by atoms with E-state index in [1.54, 1.807) is 22.5 Å². The quantitative estimate of drug-likeness (QED) is 0.658. The Morgan fingerprint density at radius 1 is 1.19 bits per heavy atom. The number of carbonyl (C=O) groups is 1. The van der Waals surface area contributed by atoms with Gasteiger partial charge in [0.15, 0.2) is 0 Å². The normalized spacial score (nSPS) is 10.9. The Hall–Kier alpha value is -1.78. The maximum absolute atomic E-state index is 12.0. The molecule has 2 heterocycles. The first kappa shape index (κ1) is 14.2. The van der Waals surface area contributed by atoms with Crippen LogP contribution in [-0.4, -0.2) is 16.7 Å². The highest BCUT2D eigenvalue weighted by Gasteiger charge is 2.14. The minimum Gasteiger partial charge on any atom is -0.464 e. The third kappa shape index (κ3) is 3.28. The highest BCUT2D eigenvalue weighted by Crippen LogP contribution is 2.19. The van der Waals surface area contributed by atoms with Crippen molar-refractivity contribution in [3.63, 3.8) is 0 Å². The van der Waals surface area contributed by atoms with Crippen LogP contribution in [0.2, 0.25) is 0 Å². The van der Waals surface area contributed by atoms with Crippen LogP contribution in [0.5, 0.6) is 0 Å². The van der Waals surface area contributed by atoms with Crippen molar-refractivity contribution in [2.45, 2.75) is 13.1 Å². The van der Waals surface area contributed by atoms with Gasteiger partial charge in [0.2, 0.25) is 5.91 Å². The number of halogens is 1. The standard InChI is InChI=1S/C16H14ClNO2S/c17-8-16(19)18(10-13-4-6-21-11-13)9-12-1-2-15-14(7-12)3-5-20-15/h1-7,11H,8-10H2. The van der Waals surface area contributed by atoms with Gasteiger partial charge >= 0.3 is 0 Å². The van der Waals surface area contributed by atoms with Crippen LogP contribution in [0.4, 0.5) is 0 Å². The van der Waals surface area contributed by atoms with Crippen molar-refractivity contribution in [1.82, 2.24) is 4.90 Å². The molecular formula is C16H14ClNO2S. The molecule has 3 nitrogen and oxygen atoms in total. The molecule has 0 unspecified atom stereocenters. The maximum atomic E-state index is 12.0. The molecule has 0 fully saturated rings. The molecule has 0 N–H and O–H groups in total. The van der Waals surface area contributed by atoms with E-state index < -0.39 is 0 Å². The second-order valence-corrected chi connectivity index (χ2v) is 5.86. The molecule has 0 spiro atoms. The average molecular weight is 320 g/mol. The van der Waals surface area contributed by atoms with Crippen LogP contribution in [0, 0.1) is 0 Å². The number of thiophene rings is 1. The SMILES string of the molecule is O=C(CCl)N(Cc1ccsc1)Cc1ccc2occc2c1. The molecule has 0 saturated heterocycles. The molecule has 5 heteroatoms. The Bertz CT molecular complexity index is 736. The van der Waals surface area contributed by atoms with Crippen LogP contribution in [0.15, 0.2) is 51.8 Å². The van der Waals surface area contributed by atoms with Crippen molar-refractivity contribution in [3.05, 3.63) is 58.5 Å². The predicted molar refractivity (Wildman–Crippen MR) is 85.5 cm³/mol. The first-order valence-corrected chi connectivity index (χ1v) is 8.05. The smallest absolute Gasteiger partial charge is 0.238 e. The number of benzene rings is 1. The van der Waals surface area contributed by atoms with Gasteiger partial charge in [-0.05, 0) is 46.2 Å². The van der Waals surface area contributed by atoms with E-state index in [9.17, 15) is 4.79 Å². The minimum atomic E-state index is -0.0600. The Kier molecular flexibility index (Phi) is 4.27. The zero-order valence-corrected chi connectivity index (χ0v) is 12.9. The minimum absolute atomic E-state index is 0.00189. The van der Waals surface area contributed by atoms with Crippen LogP contribution in [0.25, 0.3) is 11.0 Å². The molecule has 0 aliphatic rings. The topological polar surface area (TPSA) is 33.5 Å². The van der Waals surface area contributed by atoms with Crippen molar-refractivity contribution in [3.8, 4) is 0 Å². The Morgan fingerprint density at radius 2 is 2.05 bits per heavy atom. The van der Waals surface area contributed by atoms with Gasteiger partial charge in [-0.2, -0.15) is 11.3 Å². The molecular weight excluding hydrogens is 306 g/mol. The lowest BCUT2D eigenvalue weighted by molar-refractivity contribution is -0.129. The van der Waals surface area contributed by atoms with Crippen molar-refractivity contribution in [1.29, 1.82) is 0 Å². The molecule has 0 radical (unpaired) electrons. The second-order valence-electron chi connectivity index (χ2n) is 4.81. The Balaban J connectivity index is 1.81. The highest BCUT2D eigenvalue weighted by molar-refractivity contribution is 7.07. The summed E-state index contributed by atoms with van der Waals surface area (Å²) in [5.74, 6) is -0.0619. The lowest BCUT2D eigenvalue weighted by Gasteiger charge is -2.21. The molecule has 1 amide bonds. The fourth-order valence-corrected chi connectivity index (χ4v) is 3.08.